The molecule has 0 aliphatic carbocycles. The normalized spacial score (nSPS) is 19.8. The van der Waals surface area contributed by atoms with Crippen molar-refractivity contribution in [1.82, 2.24) is 4.57 Å². The van der Waals surface area contributed by atoms with Crippen LogP contribution in [0.5, 0.6) is 0 Å². The molecule has 1 aromatic heterocycles. The van der Waals surface area contributed by atoms with Crippen LogP contribution in [0.1, 0.15) is 0 Å². The van der Waals surface area contributed by atoms with E-state index in [0.717, 1.165) is 21.1 Å². The number of amides is 1. The van der Waals surface area contributed by atoms with E-state index in [1.807, 2.05) is 29.0 Å². The minimum atomic E-state index is -0.484. The molecule has 5 heteroatoms. The third-order valence-corrected chi connectivity index (χ3v) is 3.67. The summed E-state index contributed by atoms with van der Waals surface area (Å²) in [6.45, 7) is 0.529. The van der Waals surface area contributed by atoms with Crippen LogP contribution in [0.25, 0.3) is 10.9 Å². The van der Waals surface area contributed by atoms with Gasteiger partial charge in [0, 0.05) is 29.6 Å². The summed E-state index contributed by atoms with van der Waals surface area (Å²) in [5.41, 5.74) is 7.86. The van der Waals surface area contributed by atoms with Gasteiger partial charge in [0.05, 0.1) is 11.2 Å². The second-order valence-corrected chi connectivity index (χ2v) is 5.25. The van der Waals surface area contributed by atoms with E-state index in [1.165, 1.54) is 0 Å². The van der Waals surface area contributed by atoms with Crippen LogP contribution < -0.4 is 10.6 Å². The fourth-order valence-corrected chi connectivity index (χ4v) is 2.82. The van der Waals surface area contributed by atoms with Crippen LogP contribution in [-0.2, 0) is 11.3 Å². The minimum Gasteiger partial charge on any atom is -0.344 e. The summed E-state index contributed by atoms with van der Waals surface area (Å²) in [5, 5.41) is 1.11. The van der Waals surface area contributed by atoms with Gasteiger partial charge < -0.3 is 15.2 Å². The van der Waals surface area contributed by atoms with E-state index < -0.39 is 6.04 Å². The lowest BCUT2D eigenvalue weighted by Gasteiger charge is -2.18. The van der Waals surface area contributed by atoms with E-state index in [1.54, 1.807) is 11.9 Å². The molecular formula is C12H12BrN3O. The van der Waals surface area contributed by atoms with Gasteiger partial charge in [0.2, 0.25) is 5.91 Å². The molecule has 2 aromatic rings. The van der Waals surface area contributed by atoms with E-state index in [-0.39, 0.29) is 5.91 Å². The first-order valence-electron chi connectivity index (χ1n) is 5.39. The van der Waals surface area contributed by atoms with E-state index in [9.17, 15) is 4.79 Å². The molecule has 88 valence electrons. The Balaban J connectivity index is 2.37. The Kier molecular flexibility index (Phi) is 2.27. The quantitative estimate of drug-likeness (QED) is 0.804. The molecule has 1 aromatic carbocycles. The zero-order valence-electron chi connectivity index (χ0n) is 9.35. The van der Waals surface area contributed by atoms with Crippen LogP contribution >= 0.6 is 15.9 Å². The van der Waals surface area contributed by atoms with Crippen LogP contribution in [-0.4, -0.2) is 23.6 Å². The van der Waals surface area contributed by atoms with E-state index in [0.29, 0.717) is 6.54 Å². The molecule has 0 spiro atoms. The number of rotatable bonds is 0. The third-order valence-electron chi connectivity index (χ3n) is 3.21. The molecule has 1 aliphatic heterocycles. The topological polar surface area (TPSA) is 51.3 Å². The van der Waals surface area contributed by atoms with Crippen molar-refractivity contribution < 1.29 is 4.79 Å². The molecule has 0 radical (unpaired) electrons. The Labute approximate surface area is 107 Å². The van der Waals surface area contributed by atoms with Gasteiger partial charge in [-0.15, -0.1) is 0 Å². The first-order chi connectivity index (χ1) is 8.08. The summed E-state index contributed by atoms with van der Waals surface area (Å²) >= 11 is 3.47. The van der Waals surface area contributed by atoms with Crippen molar-refractivity contribution in [2.45, 2.75) is 12.6 Å². The maximum atomic E-state index is 12.0. The van der Waals surface area contributed by atoms with Crippen LogP contribution in [0.4, 0.5) is 5.69 Å². The van der Waals surface area contributed by atoms with Gasteiger partial charge in [-0.05, 0) is 18.2 Å². The fourth-order valence-electron chi connectivity index (χ4n) is 2.36. The average Bonchev–Trinajstić information content (AvgIpc) is 2.65. The van der Waals surface area contributed by atoms with E-state index in [2.05, 4.69) is 15.9 Å². The highest BCUT2D eigenvalue weighted by atomic mass is 79.9. The molecule has 0 bridgehead atoms. The number of hydrogen-bond donors (Lipinski definition) is 1. The first kappa shape index (κ1) is 10.8. The lowest BCUT2D eigenvalue weighted by atomic mass is 10.2. The van der Waals surface area contributed by atoms with E-state index >= 15 is 0 Å². The maximum absolute atomic E-state index is 12.0. The molecule has 1 unspecified atom stereocenters. The monoisotopic (exact) mass is 293 g/mol. The van der Waals surface area contributed by atoms with Crippen LogP contribution in [0.15, 0.2) is 28.9 Å². The Morgan fingerprint density at radius 1 is 1.47 bits per heavy atom. The molecule has 1 amide bonds. The predicted octanol–water partition coefficient (Wildman–Crippen LogP) is 1.71. The molecule has 4 nitrogen and oxygen atoms in total. The second kappa shape index (κ2) is 3.58. The fraction of sp³-hybridized carbons (Fsp3) is 0.250. The van der Waals surface area contributed by atoms with Gasteiger partial charge in [-0.25, -0.2) is 0 Å². The van der Waals surface area contributed by atoms with Crippen molar-refractivity contribution in [2.75, 3.05) is 11.9 Å². The SMILES string of the molecule is CN1C(=O)C(N)Cn2ccc3cc(Br)cc1c32. The lowest BCUT2D eigenvalue weighted by Crippen LogP contribution is -2.42. The van der Waals surface area contributed by atoms with Gasteiger partial charge in [-0.3, -0.25) is 4.79 Å². The third kappa shape index (κ3) is 1.50. The summed E-state index contributed by atoms with van der Waals surface area (Å²) in [6, 6.07) is 5.56. The van der Waals surface area contributed by atoms with Crippen molar-refractivity contribution in [3.05, 3.63) is 28.9 Å². The molecule has 1 atom stereocenters. The van der Waals surface area contributed by atoms with Crippen LogP contribution in [0.2, 0.25) is 0 Å². The van der Waals surface area contributed by atoms with Gasteiger partial charge in [0.15, 0.2) is 0 Å². The van der Waals surface area contributed by atoms with Crippen molar-refractivity contribution in [2.24, 2.45) is 5.73 Å². The predicted molar refractivity (Wildman–Crippen MR) is 71.0 cm³/mol. The molecule has 2 N–H and O–H groups in total. The number of nitrogens with two attached hydrogens (primary N) is 1. The summed E-state index contributed by atoms with van der Waals surface area (Å²) in [5.74, 6) is -0.0481. The molecule has 0 saturated heterocycles. The summed E-state index contributed by atoms with van der Waals surface area (Å²) in [4.78, 5) is 13.7. The minimum absolute atomic E-state index is 0.0481. The molecule has 1 aliphatic rings. The Hall–Kier alpha value is -1.33. The summed E-state index contributed by atoms with van der Waals surface area (Å²) in [6.07, 6.45) is 1.98. The lowest BCUT2D eigenvalue weighted by molar-refractivity contribution is -0.119. The zero-order valence-corrected chi connectivity index (χ0v) is 10.9. The van der Waals surface area contributed by atoms with Gasteiger partial charge in [-0.1, -0.05) is 15.9 Å². The highest BCUT2D eigenvalue weighted by Gasteiger charge is 2.26. The number of aromatic nitrogens is 1. The Bertz CT molecular complexity index is 619. The zero-order chi connectivity index (χ0) is 12.2. The number of benzene rings is 1. The Morgan fingerprint density at radius 3 is 3.00 bits per heavy atom. The van der Waals surface area contributed by atoms with Gasteiger partial charge in [-0.2, -0.15) is 0 Å². The number of likely N-dealkylation sites (N-methyl/N-ethyl adjacent to an activating group) is 1. The average molecular weight is 294 g/mol. The highest BCUT2D eigenvalue weighted by Crippen LogP contribution is 2.33. The van der Waals surface area contributed by atoms with Crippen molar-refractivity contribution in [1.29, 1.82) is 0 Å². The number of hydrogen-bond acceptors (Lipinski definition) is 2. The van der Waals surface area contributed by atoms with Crippen molar-refractivity contribution in [3.63, 3.8) is 0 Å². The molecule has 2 heterocycles. The maximum Gasteiger partial charge on any atom is 0.245 e. The smallest absolute Gasteiger partial charge is 0.245 e. The number of carbonyl (C=O) groups is 1. The summed E-state index contributed by atoms with van der Waals surface area (Å²) in [7, 11) is 1.77. The second-order valence-electron chi connectivity index (χ2n) is 4.33. The standard InChI is InChI=1S/C12H12BrN3O/c1-15-10-5-8(13)4-7-2-3-16(11(7)10)6-9(14)12(15)17/h2-5,9H,6,14H2,1H3. The first-order valence-corrected chi connectivity index (χ1v) is 6.19. The van der Waals surface area contributed by atoms with Crippen molar-refractivity contribution in [3.8, 4) is 0 Å². The molecule has 0 fully saturated rings. The largest absolute Gasteiger partial charge is 0.344 e. The van der Waals surface area contributed by atoms with Crippen LogP contribution in [0.3, 0.4) is 0 Å². The number of nitrogens with zero attached hydrogens (tertiary/aromatic N) is 2. The van der Waals surface area contributed by atoms with Gasteiger partial charge in [0.25, 0.3) is 0 Å². The highest BCUT2D eigenvalue weighted by molar-refractivity contribution is 9.10. The Morgan fingerprint density at radius 2 is 2.24 bits per heavy atom. The molecule has 3 rings (SSSR count). The van der Waals surface area contributed by atoms with Gasteiger partial charge in [0.1, 0.15) is 6.04 Å². The van der Waals surface area contributed by atoms with E-state index in [4.69, 9.17) is 5.73 Å². The molecule has 0 saturated carbocycles. The summed E-state index contributed by atoms with van der Waals surface area (Å²) < 4.78 is 3.01. The molecule has 17 heavy (non-hydrogen) atoms. The van der Waals surface area contributed by atoms with Crippen molar-refractivity contribution >= 4 is 38.4 Å². The number of carbonyl (C=O) groups excluding carboxylic acids is 1. The molecular weight excluding hydrogens is 282 g/mol. The van der Waals surface area contributed by atoms with Crippen LogP contribution in [0, 0.1) is 0 Å². The number of halogens is 1. The number of anilines is 1. The van der Waals surface area contributed by atoms with Gasteiger partial charge >= 0.3 is 0 Å².